The summed E-state index contributed by atoms with van der Waals surface area (Å²) < 4.78 is 0. The summed E-state index contributed by atoms with van der Waals surface area (Å²) in [6.07, 6.45) is 1.84. The van der Waals surface area contributed by atoms with Crippen molar-refractivity contribution in [2.75, 3.05) is 0 Å². The summed E-state index contributed by atoms with van der Waals surface area (Å²) in [6.45, 7) is 0.653. The van der Waals surface area contributed by atoms with Gasteiger partial charge in [0.15, 0.2) is 0 Å². The number of rotatable bonds is 3. The van der Waals surface area contributed by atoms with E-state index in [4.69, 9.17) is 23.2 Å². The molecule has 1 nitrogen and oxygen atoms in total. The summed E-state index contributed by atoms with van der Waals surface area (Å²) >= 11 is 11.6. The van der Waals surface area contributed by atoms with Crippen molar-refractivity contribution in [1.29, 1.82) is 0 Å². The highest BCUT2D eigenvalue weighted by atomic mass is 35.5. The van der Waals surface area contributed by atoms with E-state index in [1.165, 1.54) is 0 Å². The van der Waals surface area contributed by atoms with Gasteiger partial charge in [0.2, 0.25) is 0 Å². The summed E-state index contributed by atoms with van der Waals surface area (Å²) in [7, 11) is 0. The monoisotopic (exact) mass is 263 g/mol. The zero-order chi connectivity index (χ0) is 12.1. The van der Waals surface area contributed by atoms with E-state index in [1.54, 1.807) is 0 Å². The molecule has 0 unspecified atom stereocenters. The van der Waals surface area contributed by atoms with E-state index >= 15 is 0 Å². The molecule has 0 saturated heterocycles. The minimum absolute atomic E-state index is 0.653. The van der Waals surface area contributed by atoms with Crippen molar-refractivity contribution >= 4 is 29.4 Å². The van der Waals surface area contributed by atoms with Crippen molar-refractivity contribution in [2.24, 2.45) is 4.99 Å². The minimum atomic E-state index is 0.653. The van der Waals surface area contributed by atoms with Gasteiger partial charge in [-0.25, -0.2) is 0 Å². The lowest BCUT2D eigenvalue weighted by Gasteiger charge is -1.97. The Morgan fingerprint density at radius 3 is 1.94 bits per heavy atom. The zero-order valence-electron chi connectivity index (χ0n) is 9.11. The van der Waals surface area contributed by atoms with Crippen molar-refractivity contribution < 1.29 is 0 Å². The first-order chi connectivity index (χ1) is 8.24. The van der Waals surface area contributed by atoms with Crippen LogP contribution in [0.5, 0.6) is 0 Å². The Hall–Kier alpha value is -1.31. The van der Waals surface area contributed by atoms with Crippen LogP contribution < -0.4 is 0 Å². The van der Waals surface area contributed by atoms with Crippen LogP contribution in [0.4, 0.5) is 0 Å². The number of hydrogen-bond acceptors (Lipinski definition) is 1. The molecule has 0 saturated carbocycles. The van der Waals surface area contributed by atoms with Gasteiger partial charge in [0.1, 0.15) is 0 Å². The van der Waals surface area contributed by atoms with Crippen LogP contribution in [-0.2, 0) is 6.54 Å². The maximum atomic E-state index is 5.81. The van der Waals surface area contributed by atoms with Gasteiger partial charge in [-0.3, -0.25) is 4.99 Å². The molecule has 0 aliphatic carbocycles. The molecular formula is C14H11Cl2N. The highest BCUT2D eigenvalue weighted by Crippen LogP contribution is 2.11. The topological polar surface area (TPSA) is 12.4 Å². The average Bonchev–Trinajstić information content (AvgIpc) is 2.34. The lowest BCUT2D eigenvalue weighted by Crippen LogP contribution is -1.84. The molecule has 0 bridgehead atoms. The van der Waals surface area contributed by atoms with E-state index in [0.29, 0.717) is 6.54 Å². The van der Waals surface area contributed by atoms with E-state index in [2.05, 4.69) is 4.99 Å². The molecule has 0 radical (unpaired) electrons. The maximum absolute atomic E-state index is 5.81. The van der Waals surface area contributed by atoms with E-state index in [-0.39, 0.29) is 0 Å². The number of benzene rings is 2. The summed E-state index contributed by atoms with van der Waals surface area (Å²) in [4.78, 5) is 4.36. The van der Waals surface area contributed by atoms with Crippen LogP contribution in [0.3, 0.4) is 0 Å². The lowest BCUT2D eigenvalue weighted by molar-refractivity contribution is 1.08. The van der Waals surface area contributed by atoms with E-state index in [0.717, 1.165) is 21.2 Å². The molecule has 2 aromatic carbocycles. The van der Waals surface area contributed by atoms with Gasteiger partial charge in [0.05, 0.1) is 6.54 Å². The van der Waals surface area contributed by atoms with Crippen molar-refractivity contribution in [3.05, 3.63) is 69.7 Å². The maximum Gasteiger partial charge on any atom is 0.0639 e. The molecule has 2 aromatic rings. The molecule has 0 spiro atoms. The summed E-state index contributed by atoms with van der Waals surface area (Å²) in [6, 6.07) is 15.3. The molecule has 0 amide bonds. The first-order valence-corrected chi connectivity index (χ1v) is 5.99. The average molecular weight is 264 g/mol. The number of nitrogens with zero attached hydrogens (tertiary/aromatic N) is 1. The van der Waals surface area contributed by atoms with Crippen LogP contribution in [0, 0.1) is 0 Å². The largest absolute Gasteiger partial charge is 0.288 e. The Kier molecular flexibility index (Phi) is 4.18. The quantitative estimate of drug-likeness (QED) is 0.718. The molecule has 0 aliphatic rings. The Bertz CT molecular complexity index is 501. The predicted molar refractivity (Wildman–Crippen MR) is 74.2 cm³/mol. The SMILES string of the molecule is Clc1ccc(/C=N/Cc2ccc(Cl)cc2)cc1. The Balaban J connectivity index is 1.97. The molecule has 0 fully saturated rings. The minimum Gasteiger partial charge on any atom is -0.288 e. The fourth-order valence-corrected chi connectivity index (χ4v) is 1.65. The standard InChI is InChI=1S/C14H11Cl2N/c15-13-5-1-11(2-6-13)9-17-10-12-3-7-14(16)8-4-12/h1-9H,10H2/b17-9+. The van der Waals surface area contributed by atoms with Crippen molar-refractivity contribution in [3.8, 4) is 0 Å². The van der Waals surface area contributed by atoms with E-state index in [1.807, 2.05) is 54.7 Å². The molecule has 0 atom stereocenters. The molecule has 0 heterocycles. The first-order valence-electron chi connectivity index (χ1n) is 5.24. The number of aliphatic imine (C=N–C) groups is 1. The van der Waals surface area contributed by atoms with Crippen LogP contribution in [0.2, 0.25) is 10.0 Å². The number of halogens is 2. The first kappa shape index (κ1) is 12.2. The van der Waals surface area contributed by atoms with Crippen molar-refractivity contribution in [2.45, 2.75) is 6.54 Å². The van der Waals surface area contributed by atoms with Crippen molar-refractivity contribution in [3.63, 3.8) is 0 Å². The van der Waals surface area contributed by atoms with Gasteiger partial charge in [0.25, 0.3) is 0 Å². The lowest BCUT2D eigenvalue weighted by atomic mass is 10.2. The van der Waals surface area contributed by atoms with Crippen LogP contribution in [0.15, 0.2) is 53.5 Å². The van der Waals surface area contributed by atoms with Crippen LogP contribution >= 0.6 is 23.2 Å². The summed E-state index contributed by atoms with van der Waals surface area (Å²) in [5.41, 5.74) is 2.18. The van der Waals surface area contributed by atoms with E-state index < -0.39 is 0 Å². The Morgan fingerprint density at radius 2 is 1.35 bits per heavy atom. The second-order valence-electron chi connectivity index (χ2n) is 3.65. The second-order valence-corrected chi connectivity index (χ2v) is 4.52. The third-order valence-corrected chi connectivity index (χ3v) is 2.80. The van der Waals surface area contributed by atoms with Gasteiger partial charge in [-0.05, 0) is 35.4 Å². The highest BCUT2D eigenvalue weighted by molar-refractivity contribution is 6.30. The van der Waals surface area contributed by atoms with Gasteiger partial charge in [-0.15, -0.1) is 0 Å². The fourth-order valence-electron chi connectivity index (χ4n) is 1.40. The molecule has 0 aromatic heterocycles. The van der Waals surface area contributed by atoms with Gasteiger partial charge in [-0.2, -0.15) is 0 Å². The second kappa shape index (κ2) is 5.85. The van der Waals surface area contributed by atoms with Crippen LogP contribution in [0.25, 0.3) is 0 Å². The molecule has 17 heavy (non-hydrogen) atoms. The third-order valence-electron chi connectivity index (χ3n) is 2.30. The highest BCUT2D eigenvalue weighted by Gasteiger charge is 1.91. The number of hydrogen-bond donors (Lipinski definition) is 0. The third kappa shape index (κ3) is 3.88. The molecule has 2 rings (SSSR count). The Morgan fingerprint density at radius 1 is 0.824 bits per heavy atom. The molecular weight excluding hydrogens is 253 g/mol. The van der Waals surface area contributed by atoms with Crippen LogP contribution in [-0.4, -0.2) is 6.21 Å². The van der Waals surface area contributed by atoms with E-state index in [9.17, 15) is 0 Å². The van der Waals surface area contributed by atoms with Gasteiger partial charge in [0, 0.05) is 16.3 Å². The fraction of sp³-hybridized carbons (Fsp3) is 0.0714. The predicted octanol–water partition coefficient (Wildman–Crippen LogP) is 4.61. The van der Waals surface area contributed by atoms with Gasteiger partial charge in [-0.1, -0.05) is 47.5 Å². The molecule has 86 valence electrons. The van der Waals surface area contributed by atoms with Gasteiger partial charge >= 0.3 is 0 Å². The molecule has 0 N–H and O–H groups in total. The van der Waals surface area contributed by atoms with Crippen molar-refractivity contribution in [1.82, 2.24) is 0 Å². The molecule has 3 heteroatoms. The van der Waals surface area contributed by atoms with Crippen LogP contribution in [0.1, 0.15) is 11.1 Å². The molecule has 0 aliphatic heterocycles. The Labute approximate surface area is 111 Å². The summed E-state index contributed by atoms with van der Waals surface area (Å²) in [5, 5.41) is 1.48. The zero-order valence-corrected chi connectivity index (χ0v) is 10.6. The summed E-state index contributed by atoms with van der Waals surface area (Å²) in [5.74, 6) is 0. The smallest absolute Gasteiger partial charge is 0.0639 e. The van der Waals surface area contributed by atoms with Gasteiger partial charge < -0.3 is 0 Å². The normalized spacial score (nSPS) is 10.9.